The first-order chi connectivity index (χ1) is 25.8. The molecule has 0 radical (unpaired) electrons. The SMILES string of the molecule is C[n+]1ccn(Cc2ccc(C(c3ccc(Cn4cc[n+](C)c4)cc3)(c3ccc(Cn4cc[n+](C)c4)cc3)c3ccc(Cn4cc[n+](C)c4)cc3)cc2)c1.[Cl-].[Cl-].[Cl-].[Cl-]. The van der Waals surface area contributed by atoms with E-state index in [9.17, 15) is 0 Å². The van der Waals surface area contributed by atoms with Crippen molar-refractivity contribution in [2.75, 3.05) is 0 Å². The Hall–Kier alpha value is -5.12. The van der Waals surface area contributed by atoms with E-state index in [2.05, 4.69) is 237 Å². The van der Waals surface area contributed by atoms with E-state index in [0.29, 0.717) is 0 Å². The van der Waals surface area contributed by atoms with Crippen molar-refractivity contribution in [3.8, 4) is 0 Å². The number of hydrogen-bond acceptors (Lipinski definition) is 0. The number of rotatable bonds is 12. The van der Waals surface area contributed by atoms with E-state index >= 15 is 0 Å². The Morgan fingerprint density at radius 1 is 0.333 bits per heavy atom. The van der Waals surface area contributed by atoms with Crippen molar-refractivity contribution < 1.29 is 67.9 Å². The van der Waals surface area contributed by atoms with Crippen LogP contribution < -0.4 is 67.9 Å². The molecular weight excluding hydrogens is 794 g/mol. The standard InChI is InChI=1S/C45H48N8.4ClH/c1-46-21-25-50(33-46)29-37-5-13-41(14-6-37)45(42-15-7-38(8-16-42)30-51-26-22-47(2)34-51,43-17-9-39(10-18-43)31-52-27-23-48(3)35-52)44-19-11-40(12-20-44)32-53-28-24-49(4)36-53;;;;/h5-28,33-36H,29-32H2,1-4H3;4*1H/q+4;;;;/p-4. The molecule has 0 aliphatic rings. The average molecular weight is 843 g/mol. The fourth-order valence-corrected chi connectivity index (χ4v) is 7.66. The van der Waals surface area contributed by atoms with Crippen molar-refractivity contribution in [3.05, 3.63) is 216 Å². The molecule has 4 heterocycles. The molecular formula is C45H48Cl4N8. The van der Waals surface area contributed by atoms with Crippen molar-refractivity contribution in [2.24, 2.45) is 28.2 Å². The lowest BCUT2D eigenvalue weighted by atomic mass is 9.65. The lowest BCUT2D eigenvalue weighted by Crippen LogP contribution is -3.00. The van der Waals surface area contributed by atoms with Gasteiger partial charge in [0.2, 0.25) is 25.3 Å². The van der Waals surface area contributed by atoms with Gasteiger partial charge in [-0.1, -0.05) is 97.1 Å². The number of hydrogen-bond donors (Lipinski definition) is 0. The van der Waals surface area contributed by atoms with Crippen LogP contribution in [0.1, 0.15) is 44.5 Å². The van der Waals surface area contributed by atoms with Gasteiger partial charge in [-0.2, -0.15) is 0 Å². The van der Waals surface area contributed by atoms with E-state index in [1.54, 1.807) is 0 Å². The van der Waals surface area contributed by atoms with E-state index in [0.717, 1.165) is 26.2 Å². The van der Waals surface area contributed by atoms with Crippen LogP contribution in [0.2, 0.25) is 0 Å². The molecule has 0 spiro atoms. The summed E-state index contributed by atoms with van der Waals surface area (Å²) in [5.41, 5.74) is 9.44. The number of benzene rings is 4. The second-order valence-corrected chi connectivity index (χ2v) is 14.5. The molecule has 296 valence electrons. The molecule has 12 heteroatoms. The molecule has 4 aromatic heterocycles. The van der Waals surface area contributed by atoms with Gasteiger partial charge in [-0.3, -0.25) is 0 Å². The van der Waals surface area contributed by atoms with Crippen molar-refractivity contribution >= 4 is 0 Å². The molecule has 0 fully saturated rings. The van der Waals surface area contributed by atoms with Crippen LogP contribution in [-0.2, 0) is 59.8 Å². The van der Waals surface area contributed by atoms with Crippen LogP contribution in [0.15, 0.2) is 172 Å². The highest BCUT2D eigenvalue weighted by atomic mass is 35.5. The minimum Gasteiger partial charge on any atom is -1.00 e. The molecule has 8 aromatic rings. The topological polar surface area (TPSA) is 35.2 Å². The van der Waals surface area contributed by atoms with Crippen LogP contribution in [0.3, 0.4) is 0 Å². The number of aromatic nitrogens is 8. The first kappa shape index (κ1) is 44.6. The van der Waals surface area contributed by atoms with Crippen LogP contribution in [0.25, 0.3) is 0 Å². The smallest absolute Gasteiger partial charge is 0.243 e. The van der Waals surface area contributed by atoms with Gasteiger partial charge < -0.3 is 49.6 Å². The summed E-state index contributed by atoms with van der Waals surface area (Å²) in [6.45, 7) is 3.27. The van der Waals surface area contributed by atoms with Crippen molar-refractivity contribution in [1.29, 1.82) is 0 Å². The van der Waals surface area contributed by atoms with E-state index < -0.39 is 5.41 Å². The summed E-state index contributed by atoms with van der Waals surface area (Å²) < 4.78 is 17.2. The Bertz CT molecular complexity index is 2090. The second-order valence-electron chi connectivity index (χ2n) is 14.5. The molecule has 0 amide bonds. The molecule has 0 aliphatic carbocycles. The van der Waals surface area contributed by atoms with E-state index in [4.69, 9.17) is 0 Å². The molecule has 0 atom stereocenters. The van der Waals surface area contributed by atoms with Crippen molar-refractivity contribution in [1.82, 2.24) is 18.3 Å². The zero-order chi connectivity index (χ0) is 36.4. The number of aryl methyl sites for hydroxylation is 4. The molecule has 8 rings (SSSR count). The highest BCUT2D eigenvalue weighted by molar-refractivity contribution is 5.60. The summed E-state index contributed by atoms with van der Waals surface area (Å²) in [4.78, 5) is 0. The highest BCUT2D eigenvalue weighted by Crippen LogP contribution is 2.45. The van der Waals surface area contributed by atoms with Gasteiger partial charge >= 0.3 is 0 Å². The summed E-state index contributed by atoms with van der Waals surface area (Å²) in [5.74, 6) is 0. The molecule has 4 aromatic carbocycles. The van der Waals surface area contributed by atoms with E-state index in [-0.39, 0.29) is 49.6 Å². The van der Waals surface area contributed by atoms with Crippen LogP contribution >= 0.6 is 0 Å². The Morgan fingerprint density at radius 3 is 0.684 bits per heavy atom. The largest absolute Gasteiger partial charge is 1.00 e. The Kier molecular flexibility index (Phi) is 15.1. The summed E-state index contributed by atoms with van der Waals surface area (Å²) in [6, 6.07) is 37.1. The maximum Gasteiger partial charge on any atom is 0.243 e. The van der Waals surface area contributed by atoms with Gasteiger partial charge in [0.1, 0.15) is 75.8 Å². The number of halogens is 4. The van der Waals surface area contributed by atoms with Crippen molar-refractivity contribution in [3.63, 3.8) is 0 Å². The van der Waals surface area contributed by atoms with Crippen LogP contribution in [0.5, 0.6) is 0 Å². The number of nitrogens with zero attached hydrogens (tertiary/aromatic N) is 8. The fourth-order valence-electron chi connectivity index (χ4n) is 7.66. The summed E-state index contributed by atoms with van der Waals surface area (Å²) in [7, 11) is 8.24. The molecule has 0 saturated carbocycles. The second kappa shape index (κ2) is 19.4. The van der Waals surface area contributed by atoms with Gasteiger partial charge in [-0.05, 0) is 44.5 Å². The normalized spacial score (nSPS) is 10.9. The Balaban J connectivity index is 0.00000180. The van der Waals surface area contributed by atoms with E-state index in [1.807, 2.05) is 0 Å². The minimum absolute atomic E-state index is 0. The Labute approximate surface area is 360 Å². The maximum atomic E-state index is 2.34. The molecule has 0 saturated heterocycles. The lowest BCUT2D eigenvalue weighted by molar-refractivity contribution is -0.671. The summed E-state index contributed by atoms with van der Waals surface area (Å²) in [6.07, 6.45) is 25.3. The molecule has 57 heavy (non-hydrogen) atoms. The average Bonchev–Trinajstić information content (AvgIpc) is 3.98. The quantitative estimate of drug-likeness (QED) is 0.0868. The monoisotopic (exact) mass is 840 g/mol. The van der Waals surface area contributed by atoms with Gasteiger partial charge in [0.05, 0.1) is 33.6 Å². The molecule has 0 aliphatic heterocycles. The first-order valence-electron chi connectivity index (χ1n) is 18.2. The predicted molar refractivity (Wildman–Crippen MR) is 204 cm³/mol. The van der Waals surface area contributed by atoms with Crippen LogP contribution in [-0.4, -0.2) is 18.3 Å². The predicted octanol–water partition coefficient (Wildman–Crippen LogP) is -7.22. The third kappa shape index (κ3) is 9.89. The molecule has 0 N–H and O–H groups in total. The highest BCUT2D eigenvalue weighted by Gasteiger charge is 2.38. The molecule has 0 bridgehead atoms. The minimum atomic E-state index is -0.562. The van der Waals surface area contributed by atoms with Gasteiger partial charge in [-0.25, -0.2) is 36.5 Å². The van der Waals surface area contributed by atoms with E-state index in [1.165, 1.54) is 44.5 Å². The Morgan fingerprint density at radius 2 is 0.526 bits per heavy atom. The fraction of sp³-hybridized carbons (Fsp3) is 0.200. The zero-order valence-corrected chi connectivity index (χ0v) is 35.6. The third-order valence-electron chi connectivity index (χ3n) is 10.3. The summed E-state index contributed by atoms with van der Waals surface area (Å²) >= 11 is 0. The summed E-state index contributed by atoms with van der Waals surface area (Å²) in [5, 5.41) is 0. The van der Waals surface area contributed by atoms with Gasteiger partial charge in [-0.15, -0.1) is 0 Å². The number of imidazole rings is 4. The lowest BCUT2D eigenvalue weighted by Gasteiger charge is -2.37. The van der Waals surface area contributed by atoms with Gasteiger partial charge in [0, 0.05) is 0 Å². The van der Waals surface area contributed by atoms with Gasteiger partial charge in [0.25, 0.3) is 0 Å². The molecule has 8 nitrogen and oxygen atoms in total. The van der Waals surface area contributed by atoms with Gasteiger partial charge in [0.15, 0.2) is 0 Å². The zero-order valence-electron chi connectivity index (χ0n) is 32.6. The first-order valence-corrected chi connectivity index (χ1v) is 18.2. The maximum absolute atomic E-state index is 2.34. The van der Waals surface area contributed by atoms with Crippen molar-refractivity contribution in [2.45, 2.75) is 31.6 Å². The van der Waals surface area contributed by atoms with Crippen LogP contribution in [0.4, 0.5) is 0 Å². The molecule has 0 unspecified atom stereocenters. The third-order valence-corrected chi connectivity index (χ3v) is 10.3. The van der Waals surface area contributed by atoms with Crippen LogP contribution in [0, 0.1) is 0 Å².